The summed E-state index contributed by atoms with van der Waals surface area (Å²) in [6.45, 7) is 7.29. The Morgan fingerprint density at radius 1 is 1.19 bits per heavy atom. The first-order valence-electron chi connectivity index (χ1n) is 9.58. The summed E-state index contributed by atoms with van der Waals surface area (Å²) in [5, 5.41) is 0.819. The summed E-state index contributed by atoms with van der Waals surface area (Å²) in [5.74, 6) is 0. The molecule has 0 unspecified atom stereocenters. The van der Waals surface area contributed by atoms with Crippen LogP contribution in [0, 0.1) is 0 Å². The number of hydrogen-bond acceptors (Lipinski definition) is 4. The van der Waals surface area contributed by atoms with Crippen LogP contribution in [0.25, 0.3) is 0 Å². The van der Waals surface area contributed by atoms with Crippen LogP contribution >= 0.6 is 24.0 Å². The second kappa shape index (κ2) is 10.3. The molecule has 1 aromatic rings. The third-order valence-corrected chi connectivity index (χ3v) is 6.51. The molecule has 3 rings (SSSR count). The Kier molecular flexibility index (Phi) is 8.65. The molecule has 1 saturated carbocycles. The van der Waals surface area contributed by atoms with Gasteiger partial charge in [0.15, 0.2) is 0 Å². The van der Waals surface area contributed by atoms with Crippen molar-refractivity contribution < 1.29 is 4.74 Å². The molecule has 0 spiro atoms. The average Bonchev–Trinajstić information content (AvgIpc) is 2.67. The fourth-order valence-electron chi connectivity index (χ4n) is 4.52. The van der Waals surface area contributed by atoms with Gasteiger partial charge in [-0.1, -0.05) is 23.7 Å². The van der Waals surface area contributed by atoms with Crippen molar-refractivity contribution in [1.29, 1.82) is 0 Å². The molecule has 0 atom stereocenters. The topological polar surface area (TPSA) is 41.7 Å². The Hall–Kier alpha value is -0.360. The van der Waals surface area contributed by atoms with E-state index in [0.717, 1.165) is 31.3 Å². The van der Waals surface area contributed by atoms with Crippen molar-refractivity contribution in [3.05, 3.63) is 34.9 Å². The molecular formula is C20H33Cl2N3O. The highest BCUT2D eigenvalue weighted by molar-refractivity contribution is 6.30. The molecule has 1 aromatic carbocycles. The van der Waals surface area contributed by atoms with Gasteiger partial charge in [0, 0.05) is 62.9 Å². The van der Waals surface area contributed by atoms with Crippen molar-refractivity contribution in [2.24, 2.45) is 5.73 Å². The normalized spacial score (nSPS) is 27.9. The zero-order chi connectivity index (χ0) is 17.7. The van der Waals surface area contributed by atoms with Gasteiger partial charge in [0.05, 0.1) is 6.61 Å². The molecule has 0 radical (unpaired) electrons. The third-order valence-electron chi connectivity index (χ3n) is 6.27. The molecular weight excluding hydrogens is 369 g/mol. The van der Waals surface area contributed by atoms with Gasteiger partial charge in [0.25, 0.3) is 0 Å². The van der Waals surface area contributed by atoms with E-state index in [-0.39, 0.29) is 17.8 Å². The van der Waals surface area contributed by atoms with Gasteiger partial charge in [-0.25, -0.2) is 0 Å². The highest BCUT2D eigenvalue weighted by Crippen LogP contribution is 2.40. The molecule has 6 heteroatoms. The lowest BCUT2D eigenvalue weighted by molar-refractivity contribution is 0.0536. The van der Waals surface area contributed by atoms with Crippen LogP contribution in [-0.2, 0) is 10.2 Å². The summed E-state index contributed by atoms with van der Waals surface area (Å²) in [5.41, 5.74) is 7.67. The van der Waals surface area contributed by atoms with Gasteiger partial charge < -0.3 is 10.5 Å². The monoisotopic (exact) mass is 401 g/mol. The maximum atomic E-state index is 6.23. The molecule has 1 aliphatic heterocycles. The van der Waals surface area contributed by atoms with Crippen molar-refractivity contribution in [2.75, 3.05) is 53.0 Å². The van der Waals surface area contributed by atoms with E-state index < -0.39 is 0 Å². The summed E-state index contributed by atoms with van der Waals surface area (Å²) in [6.07, 6.45) is 4.81. The smallest absolute Gasteiger partial charge is 0.0589 e. The van der Waals surface area contributed by atoms with E-state index in [1.54, 1.807) is 7.11 Å². The zero-order valence-electron chi connectivity index (χ0n) is 15.8. The molecule has 2 aliphatic rings. The predicted molar refractivity (Wildman–Crippen MR) is 112 cm³/mol. The Labute approximate surface area is 169 Å². The summed E-state index contributed by atoms with van der Waals surface area (Å²) in [7, 11) is 1.78. The number of nitrogens with two attached hydrogens (primary N) is 1. The number of methoxy groups -OCH3 is 1. The molecule has 2 fully saturated rings. The molecule has 148 valence electrons. The van der Waals surface area contributed by atoms with Crippen LogP contribution in [0.4, 0.5) is 0 Å². The first kappa shape index (κ1) is 21.9. The SMILES string of the molecule is COCCN1CCN([C@H]2CC[C@@](CN)(c3cccc(Cl)c3)CC2)CC1.Cl. The number of rotatable bonds is 6. The standard InChI is InChI=1S/C20H32ClN3O.ClH/c1-25-14-13-23-9-11-24(12-10-23)19-5-7-20(16-22,8-6-19)17-3-2-4-18(21)15-17;/h2-4,15,19H,5-14,16,22H2,1H3;1H/t19-,20+;. The molecule has 4 nitrogen and oxygen atoms in total. The highest BCUT2D eigenvalue weighted by atomic mass is 35.5. The minimum Gasteiger partial charge on any atom is -0.383 e. The average molecular weight is 402 g/mol. The summed E-state index contributed by atoms with van der Waals surface area (Å²) < 4.78 is 5.20. The number of halogens is 2. The van der Waals surface area contributed by atoms with Crippen LogP contribution in [-0.4, -0.2) is 68.8 Å². The van der Waals surface area contributed by atoms with Crippen LogP contribution in [0.5, 0.6) is 0 Å². The number of benzene rings is 1. The summed E-state index contributed by atoms with van der Waals surface area (Å²) in [4.78, 5) is 5.21. The Morgan fingerprint density at radius 2 is 1.88 bits per heavy atom. The van der Waals surface area contributed by atoms with E-state index in [9.17, 15) is 0 Å². The first-order valence-corrected chi connectivity index (χ1v) is 9.96. The van der Waals surface area contributed by atoms with E-state index in [1.165, 1.54) is 44.3 Å². The molecule has 1 saturated heterocycles. The number of nitrogens with zero attached hydrogens (tertiary/aromatic N) is 2. The summed E-state index contributed by atoms with van der Waals surface area (Å²) in [6, 6.07) is 9.03. The fraction of sp³-hybridized carbons (Fsp3) is 0.700. The van der Waals surface area contributed by atoms with Gasteiger partial charge in [0.1, 0.15) is 0 Å². The van der Waals surface area contributed by atoms with Crippen LogP contribution in [0.3, 0.4) is 0 Å². The lowest BCUT2D eigenvalue weighted by Gasteiger charge is -2.46. The first-order chi connectivity index (χ1) is 12.2. The highest BCUT2D eigenvalue weighted by Gasteiger charge is 2.38. The molecule has 26 heavy (non-hydrogen) atoms. The summed E-state index contributed by atoms with van der Waals surface area (Å²) >= 11 is 6.22. The van der Waals surface area contributed by atoms with E-state index in [1.807, 2.05) is 6.07 Å². The van der Waals surface area contributed by atoms with E-state index in [4.69, 9.17) is 22.1 Å². The Bertz CT molecular complexity index is 542. The predicted octanol–water partition coefficient (Wildman–Crippen LogP) is 3.16. The van der Waals surface area contributed by atoms with Gasteiger partial charge in [-0.3, -0.25) is 9.80 Å². The third kappa shape index (κ3) is 5.12. The fourth-order valence-corrected chi connectivity index (χ4v) is 4.71. The second-order valence-corrected chi connectivity index (χ2v) is 8.03. The van der Waals surface area contributed by atoms with Crippen molar-refractivity contribution in [3.63, 3.8) is 0 Å². The molecule has 0 aromatic heterocycles. The Balaban J connectivity index is 0.00000243. The van der Waals surface area contributed by atoms with E-state index in [2.05, 4.69) is 28.0 Å². The van der Waals surface area contributed by atoms with Crippen molar-refractivity contribution in [1.82, 2.24) is 9.80 Å². The van der Waals surface area contributed by atoms with Crippen molar-refractivity contribution in [2.45, 2.75) is 37.1 Å². The molecule has 0 bridgehead atoms. The molecule has 1 aliphatic carbocycles. The van der Waals surface area contributed by atoms with Crippen molar-refractivity contribution in [3.8, 4) is 0 Å². The van der Waals surface area contributed by atoms with Crippen molar-refractivity contribution >= 4 is 24.0 Å². The van der Waals surface area contributed by atoms with Crippen LogP contribution in [0.1, 0.15) is 31.2 Å². The van der Waals surface area contributed by atoms with E-state index in [0.29, 0.717) is 12.6 Å². The second-order valence-electron chi connectivity index (χ2n) is 7.60. The number of hydrogen-bond donors (Lipinski definition) is 1. The minimum atomic E-state index is 0. The number of piperazine rings is 1. The van der Waals surface area contributed by atoms with Gasteiger partial charge in [-0.05, 0) is 43.4 Å². The lowest BCUT2D eigenvalue weighted by atomic mass is 9.68. The van der Waals surface area contributed by atoms with Gasteiger partial charge in [-0.2, -0.15) is 0 Å². The maximum Gasteiger partial charge on any atom is 0.0589 e. The van der Waals surface area contributed by atoms with Crippen LogP contribution < -0.4 is 5.73 Å². The largest absolute Gasteiger partial charge is 0.383 e. The van der Waals surface area contributed by atoms with Crippen LogP contribution in [0.15, 0.2) is 24.3 Å². The van der Waals surface area contributed by atoms with E-state index >= 15 is 0 Å². The van der Waals surface area contributed by atoms with Gasteiger partial charge in [-0.15, -0.1) is 12.4 Å². The quantitative estimate of drug-likeness (QED) is 0.794. The molecule has 1 heterocycles. The Morgan fingerprint density at radius 3 is 2.46 bits per heavy atom. The molecule has 2 N–H and O–H groups in total. The minimum absolute atomic E-state index is 0. The van der Waals surface area contributed by atoms with Gasteiger partial charge in [0.2, 0.25) is 0 Å². The van der Waals surface area contributed by atoms with Gasteiger partial charge >= 0.3 is 0 Å². The molecule has 0 amide bonds. The number of ether oxygens (including phenoxy) is 1. The zero-order valence-corrected chi connectivity index (χ0v) is 17.4. The van der Waals surface area contributed by atoms with Crippen LogP contribution in [0.2, 0.25) is 5.02 Å². The maximum absolute atomic E-state index is 6.23. The lowest BCUT2D eigenvalue weighted by Crippen LogP contribution is -2.53.